The molecule has 0 amide bonds. The molecule has 3 unspecified atom stereocenters. The van der Waals surface area contributed by atoms with Gasteiger partial charge >= 0.3 is 6.18 Å². The molecule has 1 aliphatic heterocycles. The number of halogens is 3. The van der Waals surface area contributed by atoms with Crippen molar-refractivity contribution >= 4 is 11.5 Å². The summed E-state index contributed by atoms with van der Waals surface area (Å²) in [5, 5.41) is 18.2. The molecule has 0 spiro atoms. The van der Waals surface area contributed by atoms with Crippen LogP contribution in [-0.4, -0.2) is 27.5 Å². The maximum absolute atomic E-state index is 13.3. The zero-order valence-corrected chi connectivity index (χ0v) is 14.6. The first-order chi connectivity index (χ1) is 12.8. The molecule has 0 fully saturated rings. The molecule has 2 aromatic rings. The number of fused-ring (bicyclic) bond motifs is 2. The molecule has 0 radical (unpaired) electrons. The Morgan fingerprint density at radius 1 is 1.30 bits per heavy atom. The summed E-state index contributed by atoms with van der Waals surface area (Å²) < 4.78 is 41.3. The van der Waals surface area contributed by atoms with E-state index in [9.17, 15) is 18.3 Å². The minimum absolute atomic E-state index is 0.00328. The van der Waals surface area contributed by atoms with E-state index >= 15 is 0 Å². The number of nitrogens with two attached hydrogens (primary N) is 2. The molecule has 2 aliphatic rings. The third-order valence-corrected chi connectivity index (χ3v) is 5.52. The predicted molar refractivity (Wildman–Crippen MR) is 95.2 cm³/mol. The van der Waals surface area contributed by atoms with Crippen LogP contribution in [0, 0.1) is 0 Å². The minimum Gasteiger partial charge on any atom is -0.384 e. The van der Waals surface area contributed by atoms with Crippen LogP contribution in [0.15, 0.2) is 18.2 Å². The van der Waals surface area contributed by atoms with Crippen molar-refractivity contribution in [2.75, 3.05) is 17.6 Å². The number of aromatic nitrogens is 2. The minimum atomic E-state index is -4.47. The lowest BCUT2D eigenvalue weighted by Crippen LogP contribution is -2.28. The van der Waals surface area contributed by atoms with Gasteiger partial charge in [0.05, 0.1) is 16.9 Å². The van der Waals surface area contributed by atoms with Crippen LogP contribution < -0.4 is 16.8 Å². The van der Waals surface area contributed by atoms with E-state index < -0.39 is 23.9 Å². The van der Waals surface area contributed by atoms with Crippen LogP contribution in [-0.2, 0) is 19.0 Å². The van der Waals surface area contributed by atoms with Crippen molar-refractivity contribution in [2.24, 2.45) is 5.73 Å². The molecule has 146 valence electrons. The van der Waals surface area contributed by atoms with Gasteiger partial charge in [-0.25, -0.2) is 4.68 Å². The summed E-state index contributed by atoms with van der Waals surface area (Å²) in [5.41, 5.74) is 13.6. The second-order valence-electron chi connectivity index (χ2n) is 7.26. The van der Waals surface area contributed by atoms with E-state index in [4.69, 9.17) is 11.5 Å². The fourth-order valence-corrected chi connectivity index (χ4v) is 4.14. The number of hydrogen-bond acceptors (Lipinski definition) is 5. The summed E-state index contributed by atoms with van der Waals surface area (Å²) in [6, 6.07) is 4.03. The molecule has 1 aromatic carbocycles. The number of aliphatic hydroxyl groups is 1. The van der Waals surface area contributed by atoms with Crippen LogP contribution in [0.2, 0.25) is 0 Å². The summed E-state index contributed by atoms with van der Waals surface area (Å²) >= 11 is 0. The SMILES string of the molecule is Nc1c2c(nn1C(O)C1CCNc3c1cccc3C(F)(F)F)CCC(N)C2. The summed E-state index contributed by atoms with van der Waals surface area (Å²) in [6.07, 6.45) is -3.07. The highest BCUT2D eigenvalue weighted by atomic mass is 19.4. The number of nitrogen functional groups attached to an aromatic ring is 1. The Balaban J connectivity index is 1.72. The van der Waals surface area contributed by atoms with Gasteiger partial charge in [-0.15, -0.1) is 0 Å². The Hall–Kier alpha value is -2.26. The van der Waals surface area contributed by atoms with Crippen molar-refractivity contribution in [1.82, 2.24) is 9.78 Å². The summed E-state index contributed by atoms with van der Waals surface area (Å²) in [6.45, 7) is 0.327. The van der Waals surface area contributed by atoms with Crippen LogP contribution >= 0.6 is 0 Å². The fraction of sp³-hybridized carbons (Fsp3) is 0.500. The third kappa shape index (κ3) is 3.04. The van der Waals surface area contributed by atoms with E-state index in [0.29, 0.717) is 37.2 Å². The fourth-order valence-electron chi connectivity index (χ4n) is 4.14. The molecule has 0 saturated carbocycles. The first kappa shape index (κ1) is 18.1. The Morgan fingerprint density at radius 3 is 2.81 bits per heavy atom. The zero-order valence-electron chi connectivity index (χ0n) is 14.6. The molecular weight excluding hydrogens is 359 g/mol. The highest BCUT2D eigenvalue weighted by molar-refractivity contribution is 5.62. The lowest BCUT2D eigenvalue weighted by molar-refractivity contribution is -0.137. The number of aryl methyl sites for hydroxylation is 1. The van der Waals surface area contributed by atoms with Crippen LogP contribution in [0.3, 0.4) is 0 Å². The number of aliphatic hydroxyl groups excluding tert-OH is 1. The van der Waals surface area contributed by atoms with Gasteiger partial charge in [-0.2, -0.15) is 18.3 Å². The number of benzene rings is 1. The highest BCUT2D eigenvalue weighted by Gasteiger charge is 2.38. The average Bonchev–Trinajstić information content (AvgIpc) is 2.95. The van der Waals surface area contributed by atoms with Gasteiger partial charge in [0.25, 0.3) is 0 Å². The normalized spacial score (nSPS) is 23.3. The number of hydrogen-bond donors (Lipinski definition) is 4. The van der Waals surface area contributed by atoms with Crippen LogP contribution in [0.1, 0.15) is 47.4 Å². The number of nitrogens with one attached hydrogen (secondary N) is 1. The number of rotatable bonds is 2. The molecule has 1 aromatic heterocycles. The Bertz CT molecular complexity index is 863. The van der Waals surface area contributed by atoms with E-state index in [2.05, 4.69) is 10.4 Å². The molecule has 4 rings (SSSR count). The van der Waals surface area contributed by atoms with Crippen molar-refractivity contribution in [2.45, 2.75) is 50.0 Å². The van der Waals surface area contributed by atoms with Gasteiger partial charge in [0.15, 0.2) is 6.23 Å². The Kier molecular flexibility index (Phi) is 4.31. The zero-order chi connectivity index (χ0) is 19.3. The van der Waals surface area contributed by atoms with E-state index in [0.717, 1.165) is 23.7 Å². The lowest BCUT2D eigenvalue weighted by Gasteiger charge is -2.32. The largest absolute Gasteiger partial charge is 0.418 e. The maximum atomic E-state index is 13.3. The second-order valence-corrected chi connectivity index (χ2v) is 7.26. The van der Waals surface area contributed by atoms with Gasteiger partial charge < -0.3 is 21.9 Å². The molecule has 6 N–H and O–H groups in total. The van der Waals surface area contributed by atoms with E-state index in [1.54, 1.807) is 6.07 Å². The van der Waals surface area contributed by atoms with Crippen molar-refractivity contribution in [1.29, 1.82) is 0 Å². The number of anilines is 2. The number of alkyl halides is 3. The second kappa shape index (κ2) is 6.42. The molecule has 6 nitrogen and oxygen atoms in total. The van der Waals surface area contributed by atoms with E-state index in [1.807, 2.05) is 0 Å². The van der Waals surface area contributed by atoms with Gasteiger partial charge in [-0.05, 0) is 37.3 Å². The lowest BCUT2D eigenvalue weighted by atomic mass is 9.87. The predicted octanol–water partition coefficient (Wildman–Crippen LogP) is 2.39. The molecule has 27 heavy (non-hydrogen) atoms. The highest BCUT2D eigenvalue weighted by Crippen LogP contribution is 2.45. The summed E-state index contributed by atoms with van der Waals surface area (Å²) in [4.78, 5) is 0. The molecule has 3 atom stereocenters. The summed E-state index contributed by atoms with van der Waals surface area (Å²) in [5.74, 6) is -0.194. The van der Waals surface area contributed by atoms with Crippen molar-refractivity contribution < 1.29 is 18.3 Å². The van der Waals surface area contributed by atoms with Crippen LogP contribution in [0.5, 0.6) is 0 Å². The van der Waals surface area contributed by atoms with Gasteiger partial charge in [-0.1, -0.05) is 12.1 Å². The van der Waals surface area contributed by atoms with Gasteiger partial charge in [0.2, 0.25) is 0 Å². The third-order valence-electron chi connectivity index (χ3n) is 5.52. The molecule has 2 heterocycles. The van der Waals surface area contributed by atoms with Crippen molar-refractivity contribution in [3.8, 4) is 0 Å². The first-order valence-electron chi connectivity index (χ1n) is 9.00. The van der Waals surface area contributed by atoms with Crippen LogP contribution in [0.4, 0.5) is 24.7 Å². The van der Waals surface area contributed by atoms with E-state index in [1.165, 1.54) is 10.7 Å². The number of para-hydroxylation sites is 1. The Morgan fingerprint density at radius 2 is 2.07 bits per heavy atom. The maximum Gasteiger partial charge on any atom is 0.418 e. The van der Waals surface area contributed by atoms with Gasteiger partial charge in [0, 0.05) is 24.1 Å². The van der Waals surface area contributed by atoms with E-state index in [-0.39, 0.29) is 11.7 Å². The molecule has 9 heteroatoms. The Labute approximate surface area is 154 Å². The summed E-state index contributed by atoms with van der Waals surface area (Å²) in [7, 11) is 0. The molecule has 0 bridgehead atoms. The van der Waals surface area contributed by atoms with Crippen molar-refractivity contribution in [3.63, 3.8) is 0 Å². The standard InChI is InChI=1S/C18H22F3N5O/c19-18(20,21)13-3-1-2-10-11(6-7-24-15(10)13)17(27)26-16(23)12-8-9(22)4-5-14(12)25-26/h1-3,9,11,17,24,27H,4-8,22-23H2. The van der Waals surface area contributed by atoms with Gasteiger partial charge in [-0.3, -0.25) is 0 Å². The topological polar surface area (TPSA) is 102 Å². The monoisotopic (exact) mass is 381 g/mol. The average molecular weight is 381 g/mol. The first-order valence-corrected chi connectivity index (χ1v) is 9.00. The molecule has 1 aliphatic carbocycles. The molecule has 0 saturated heterocycles. The van der Waals surface area contributed by atoms with Crippen LogP contribution in [0.25, 0.3) is 0 Å². The van der Waals surface area contributed by atoms with Gasteiger partial charge in [0.1, 0.15) is 5.82 Å². The quantitative estimate of drug-likeness (QED) is 0.640. The number of nitrogens with zero attached hydrogens (tertiary/aromatic N) is 2. The molecular formula is C18H22F3N5O. The van der Waals surface area contributed by atoms with Crippen molar-refractivity contribution in [3.05, 3.63) is 40.6 Å². The smallest absolute Gasteiger partial charge is 0.384 e.